The quantitative estimate of drug-likeness (QED) is 0.547. The lowest BCUT2D eigenvalue weighted by Gasteiger charge is -2.09. The predicted molar refractivity (Wildman–Crippen MR) is 98.8 cm³/mol. The van der Waals surface area contributed by atoms with Crippen molar-refractivity contribution in [3.63, 3.8) is 0 Å². The summed E-state index contributed by atoms with van der Waals surface area (Å²) in [6.07, 6.45) is 1.81. The normalized spacial score (nSPS) is 10.1. The molecule has 0 saturated carbocycles. The minimum atomic E-state index is -0.362. The van der Waals surface area contributed by atoms with E-state index in [2.05, 4.69) is 5.32 Å². The summed E-state index contributed by atoms with van der Waals surface area (Å²) in [5, 5.41) is 2.71. The Kier molecular flexibility index (Phi) is 7.49. The Bertz CT molecular complexity index is 710. The van der Waals surface area contributed by atoms with E-state index in [0.717, 1.165) is 18.6 Å². The van der Waals surface area contributed by atoms with Gasteiger partial charge in [-0.2, -0.15) is 0 Å². The number of nitrogens with one attached hydrogen (secondary N) is 1. The van der Waals surface area contributed by atoms with E-state index >= 15 is 0 Å². The number of amides is 1. The van der Waals surface area contributed by atoms with Gasteiger partial charge in [0.15, 0.2) is 6.61 Å². The highest BCUT2D eigenvalue weighted by Crippen LogP contribution is 2.17. The van der Waals surface area contributed by atoms with E-state index in [1.165, 1.54) is 0 Å². The van der Waals surface area contributed by atoms with E-state index < -0.39 is 0 Å². The highest BCUT2D eigenvalue weighted by molar-refractivity contribution is 5.93. The average Bonchev–Trinajstić information content (AvgIpc) is 2.67. The van der Waals surface area contributed by atoms with Gasteiger partial charge in [-0.3, -0.25) is 4.79 Å². The Morgan fingerprint density at radius 2 is 1.62 bits per heavy atom. The fraction of sp³-hybridized carbons (Fsp3) is 0.300. The Morgan fingerprint density at radius 1 is 0.962 bits per heavy atom. The predicted octanol–water partition coefficient (Wildman–Crippen LogP) is 3.67. The second-order valence-corrected chi connectivity index (χ2v) is 5.58. The molecule has 2 rings (SSSR count). The molecule has 0 unspecified atom stereocenters. The summed E-state index contributed by atoms with van der Waals surface area (Å²) in [6.45, 7) is 2.33. The molecule has 0 saturated heterocycles. The van der Waals surface area contributed by atoms with Crippen LogP contribution in [0.3, 0.4) is 0 Å². The van der Waals surface area contributed by atoms with Gasteiger partial charge >= 0.3 is 5.97 Å². The van der Waals surface area contributed by atoms with E-state index in [-0.39, 0.29) is 18.5 Å². The Labute approximate surface area is 153 Å². The molecule has 0 fully saturated rings. The van der Waals surface area contributed by atoms with Crippen molar-refractivity contribution in [3.05, 3.63) is 54.1 Å². The van der Waals surface area contributed by atoms with E-state index in [9.17, 15) is 9.59 Å². The fourth-order valence-corrected chi connectivity index (χ4v) is 2.10. The van der Waals surface area contributed by atoms with E-state index in [1.54, 1.807) is 55.6 Å². The SMILES string of the molecule is CCCCOC(=O)c1ccc(NC(=O)COc2ccc(OC)cc2)cc1. The molecular weight excluding hydrogens is 334 g/mol. The van der Waals surface area contributed by atoms with Crippen LogP contribution < -0.4 is 14.8 Å². The molecule has 2 aromatic rings. The number of anilines is 1. The van der Waals surface area contributed by atoms with Crippen molar-refractivity contribution in [3.8, 4) is 11.5 Å². The first-order valence-electron chi connectivity index (χ1n) is 8.46. The summed E-state index contributed by atoms with van der Waals surface area (Å²) in [6, 6.07) is 13.5. The summed E-state index contributed by atoms with van der Waals surface area (Å²) >= 11 is 0. The second-order valence-electron chi connectivity index (χ2n) is 5.58. The Hall–Kier alpha value is -3.02. The van der Waals surface area contributed by atoms with Crippen molar-refractivity contribution in [2.24, 2.45) is 0 Å². The number of hydrogen-bond acceptors (Lipinski definition) is 5. The van der Waals surface area contributed by atoms with Gasteiger partial charge in [-0.25, -0.2) is 4.79 Å². The van der Waals surface area contributed by atoms with Crippen LogP contribution in [0.4, 0.5) is 5.69 Å². The van der Waals surface area contributed by atoms with Crippen LogP contribution >= 0.6 is 0 Å². The van der Waals surface area contributed by atoms with Crippen LogP contribution in [0.25, 0.3) is 0 Å². The molecular formula is C20H23NO5. The van der Waals surface area contributed by atoms with Gasteiger partial charge < -0.3 is 19.5 Å². The average molecular weight is 357 g/mol. The number of ether oxygens (including phenoxy) is 3. The van der Waals surface area contributed by atoms with Gasteiger partial charge in [0.05, 0.1) is 19.3 Å². The highest BCUT2D eigenvalue weighted by atomic mass is 16.5. The first kappa shape index (κ1) is 19.3. The van der Waals surface area contributed by atoms with Gasteiger partial charge in [0.1, 0.15) is 11.5 Å². The third-order valence-electron chi connectivity index (χ3n) is 3.56. The van der Waals surface area contributed by atoms with Crippen LogP contribution in [0, 0.1) is 0 Å². The molecule has 0 atom stereocenters. The van der Waals surface area contributed by atoms with Gasteiger partial charge in [0.2, 0.25) is 0 Å². The molecule has 0 aliphatic heterocycles. The molecule has 0 aromatic heterocycles. The second kappa shape index (κ2) is 10.1. The maximum atomic E-state index is 11.9. The Balaban J connectivity index is 1.80. The van der Waals surface area contributed by atoms with Gasteiger partial charge in [0, 0.05) is 5.69 Å². The zero-order chi connectivity index (χ0) is 18.8. The highest BCUT2D eigenvalue weighted by Gasteiger charge is 2.08. The number of methoxy groups -OCH3 is 1. The monoisotopic (exact) mass is 357 g/mol. The minimum Gasteiger partial charge on any atom is -0.497 e. The largest absolute Gasteiger partial charge is 0.497 e. The van der Waals surface area contributed by atoms with Crippen molar-refractivity contribution in [2.45, 2.75) is 19.8 Å². The number of carbonyl (C=O) groups excluding carboxylic acids is 2. The van der Waals surface area contributed by atoms with Crippen molar-refractivity contribution >= 4 is 17.6 Å². The van der Waals surface area contributed by atoms with Crippen molar-refractivity contribution in [1.29, 1.82) is 0 Å². The van der Waals surface area contributed by atoms with Crippen molar-refractivity contribution in [1.82, 2.24) is 0 Å². The van der Waals surface area contributed by atoms with Crippen LogP contribution in [-0.4, -0.2) is 32.2 Å². The summed E-state index contributed by atoms with van der Waals surface area (Å²) in [4.78, 5) is 23.8. The van der Waals surface area contributed by atoms with Gasteiger partial charge in [-0.15, -0.1) is 0 Å². The first-order valence-corrected chi connectivity index (χ1v) is 8.46. The lowest BCUT2D eigenvalue weighted by atomic mass is 10.2. The van der Waals surface area contributed by atoms with Gasteiger partial charge in [-0.05, 0) is 55.0 Å². The number of rotatable bonds is 9. The van der Waals surface area contributed by atoms with Crippen LogP contribution in [-0.2, 0) is 9.53 Å². The summed E-state index contributed by atoms with van der Waals surface area (Å²) in [5.74, 6) is 0.638. The van der Waals surface area contributed by atoms with Gasteiger partial charge in [0.25, 0.3) is 5.91 Å². The molecule has 6 heteroatoms. The van der Waals surface area contributed by atoms with Crippen molar-refractivity contribution < 1.29 is 23.8 Å². The molecule has 26 heavy (non-hydrogen) atoms. The summed E-state index contributed by atoms with van der Waals surface area (Å²) in [5.41, 5.74) is 1.03. The molecule has 2 aromatic carbocycles. The van der Waals surface area contributed by atoms with Crippen LogP contribution in [0.5, 0.6) is 11.5 Å². The summed E-state index contributed by atoms with van der Waals surface area (Å²) in [7, 11) is 1.58. The zero-order valence-corrected chi connectivity index (χ0v) is 15.0. The Morgan fingerprint density at radius 3 is 2.23 bits per heavy atom. The third kappa shape index (κ3) is 6.12. The number of hydrogen-bond donors (Lipinski definition) is 1. The molecule has 6 nitrogen and oxygen atoms in total. The maximum Gasteiger partial charge on any atom is 0.338 e. The lowest BCUT2D eigenvalue weighted by Crippen LogP contribution is -2.20. The number of unbranched alkanes of at least 4 members (excludes halogenated alkanes) is 1. The molecule has 0 aliphatic carbocycles. The smallest absolute Gasteiger partial charge is 0.338 e. The van der Waals surface area contributed by atoms with Crippen LogP contribution in [0.2, 0.25) is 0 Å². The third-order valence-corrected chi connectivity index (χ3v) is 3.56. The summed E-state index contributed by atoms with van der Waals surface area (Å²) < 4.78 is 15.6. The topological polar surface area (TPSA) is 73.9 Å². The molecule has 0 bridgehead atoms. The molecule has 1 N–H and O–H groups in total. The molecule has 0 aliphatic rings. The molecule has 1 amide bonds. The molecule has 0 heterocycles. The minimum absolute atomic E-state index is 0.118. The van der Waals surface area contributed by atoms with E-state index in [0.29, 0.717) is 23.6 Å². The number of esters is 1. The number of benzene rings is 2. The molecule has 0 spiro atoms. The zero-order valence-electron chi connectivity index (χ0n) is 15.0. The van der Waals surface area contributed by atoms with E-state index in [4.69, 9.17) is 14.2 Å². The first-order chi connectivity index (χ1) is 12.6. The number of carbonyl (C=O) groups is 2. The van der Waals surface area contributed by atoms with Crippen LogP contribution in [0.1, 0.15) is 30.1 Å². The van der Waals surface area contributed by atoms with Gasteiger partial charge in [-0.1, -0.05) is 13.3 Å². The van der Waals surface area contributed by atoms with E-state index in [1.807, 2.05) is 6.92 Å². The fourth-order valence-electron chi connectivity index (χ4n) is 2.10. The maximum absolute atomic E-state index is 11.9. The molecule has 138 valence electrons. The van der Waals surface area contributed by atoms with Crippen LogP contribution in [0.15, 0.2) is 48.5 Å². The van der Waals surface area contributed by atoms with Crippen molar-refractivity contribution in [2.75, 3.05) is 25.6 Å². The standard InChI is InChI=1S/C20H23NO5/c1-3-4-13-25-20(23)15-5-7-16(8-6-15)21-19(22)14-26-18-11-9-17(24-2)10-12-18/h5-12H,3-4,13-14H2,1-2H3,(H,21,22). The molecule has 0 radical (unpaired) electrons. The lowest BCUT2D eigenvalue weighted by molar-refractivity contribution is -0.118.